The van der Waals surface area contributed by atoms with Crippen molar-refractivity contribution >= 4 is 5.65 Å². The maximum absolute atomic E-state index is 9.72. The van der Waals surface area contributed by atoms with Gasteiger partial charge in [-0.05, 0) is 25.0 Å². The minimum absolute atomic E-state index is 0.546. The number of nitrogens with zero attached hydrogens (tertiary/aromatic N) is 5. The Kier molecular flexibility index (Phi) is 3.23. The summed E-state index contributed by atoms with van der Waals surface area (Å²) in [4.78, 5) is 4.59. The van der Waals surface area contributed by atoms with Gasteiger partial charge in [0, 0.05) is 12.4 Å². The third-order valence-corrected chi connectivity index (χ3v) is 3.34. The second kappa shape index (κ2) is 5.05. The summed E-state index contributed by atoms with van der Waals surface area (Å²) in [7, 11) is 0. The molecule has 0 aliphatic rings. The van der Waals surface area contributed by atoms with Crippen LogP contribution in [0.5, 0.6) is 0 Å². The van der Waals surface area contributed by atoms with E-state index >= 15 is 0 Å². The van der Waals surface area contributed by atoms with E-state index in [-0.39, 0.29) is 0 Å². The van der Waals surface area contributed by atoms with Crippen molar-refractivity contribution in [3.63, 3.8) is 0 Å². The molecule has 0 spiro atoms. The Balaban J connectivity index is 1.86. The molecule has 6 nitrogen and oxygen atoms in total. The Morgan fingerprint density at radius 2 is 2.20 bits per heavy atom. The topological polar surface area (TPSA) is 68.2 Å². The van der Waals surface area contributed by atoms with Crippen molar-refractivity contribution in [2.75, 3.05) is 0 Å². The van der Waals surface area contributed by atoms with E-state index in [1.807, 2.05) is 42.8 Å². The summed E-state index contributed by atoms with van der Waals surface area (Å²) in [5.74, 6) is 0. The molecule has 3 aromatic rings. The zero-order chi connectivity index (χ0) is 14.1. The normalized spacial score (nSPS) is 12.9. The first-order valence-corrected chi connectivity index (χ1v) is 6.68. The second-order valence-corrected chi connectivity index (χ2v) is 4.92. The van der Waals surface area contributed by atoms with Gasteiger partial charge in [0.05, 0.1) is 24.5 Å². The van der Waals surface area contributed by atoms with Crippen LogP contribution in [0.3, 0.4) is 0 Å². The van der Waals surface area contributed by atoms with E-state index in [0.29, 0.717) is 18.7 Å². The number of hydrogen-bond acceptors (Lipinski definition) is 4. The fraction of sp³-hybridized carbons (Fsp3) is 0.357. The first kappa shape index (κ1) is 12.8. The lowest BCUT2D eigenvalue weighted by Crippen LogP contribution is -2.00. The van der Waals surface area contributed by atoms with Gasteiger partial charge >= 0.3 is 0 Å². The van der Waals surface area contributed by atoms with Crippen LogP contribution in [0, 0.1) is 6.92 Å². The van der Waals surface area contributed by atoms with Crippen molar-refractivity contribution in [1.82, 2.24) is 24.4 Å². The summed E-state index contributed by atoms with van der Waals surface area (Å²) >= 11 is 0. The number of fused-ring (bicyclic) bond motifs is 1. The fourth-order valence-corrected chi connectivity index (χ4v) is 2.20. The third-order valence-electron chi connectivity index (χ3n) is 3.34. The van der Waals surface area contributed by atoms with Gasteiger partial charge in [0.2, 0.25) is 0 Å². The largest absolute Gasteiger partial charge is 0.387 e. The van der Waals surface area contributed by atoms with Gasteiger partial charge in [0.15, 0.2) is 0 Å². The number of aliphatic hydroxyl groups is 1. The third kappa shape index (κ3) is 2.30. The fourth-order valence-electron chi connectivity index (χ4n) is 2.20. The van der Waals surface area contributed by atoms with Gasteiger partial charge in [-0.3, -0.25) is 0 Å². The minimum atomic E-state index is -0.549. The molecule has 0 aliphatic heterocycles. The van der Waals surface area contributed by atoms with E-state index in [1.165, 1.54) is 0 Å². The summed E-state index contributed by atoms with van der Waals surface area (Å²) < 4.78 is 3.70. The quantitative estimate of drug-likeness (QED) is 0.784. The predicted molar refractivity (Wildman–Crippen MR) is 74.3 cm³/mol. The highest BCUT2D eigenvalue weighted by atomic mass is 16.3. The molecule has 0 saturated carbocycles. The highest BCUT2D eigenvalue weighted by Gasteiger charge is 2.11. The zero-order valence-corrected chi connectivity index (χ0v) is 11.6. The van der Waals surface area contributed by atoms with E-state index in [0.717, 1.165) is 16.9 Å². The van der Waals surface area contributed by atoms with Crippen LogP contribution in [0.15, 0.2) is 30.7 Å². The van der Waals surface area contributed by atoms with Gasteiger partial charge in [0.1, 0.15) is 11.3 Å². The molecule has 20 heavy (non-hydrogen) atoms. The molecule has 3 aromatic heterocycles. The average Bonchev–Trinajstić information content (AvgIpc) is 3.05. The molecule has 0 amide bonds. The molecule has 104 valence electrons. The number of aryl methyl sites for hydroxylation is 1. The first-order valence-electron chi connectivity index (χ1n) is 6.68. The zero-order valence-electron chi connectivity index (χ0n) is 11.6. The van der Waals surface area contributed by atoms with Crippen LogP contribution in [0.2, 0.25) is 0 Å². The van der Waals surface area contributed by atoms with E-state index in [9.17, 15) is 5.11 Å². The summed E-state index contributed by atoms with van der Waals surface area (Å²) in [5, 5.41) is 17.7. The molecule has 0 fully saturated rings. The molecule has 0 aliphatic carbocycles. The van der Waals surface area contributed by atoms with Gasteiger partial charge in [0.25, 0.3) is 0 Å². The molecule has 0 bridgehead atoms. The van der Waals surface area contributed by atoms with Crippen LogP contribution in [-0.2, 0) is 6.54 Å². The van der Waals surface area contributed by atoms with E-state index in [4.69, 9.17) is 0 Å². The Labute approximate surface area is 116 Å². The Bertz CT molecular complexity index is 730. The maximum Gasteiger partial charge on any atom is 0.140 e. The summed E-state index contributed by atoms with van der Waals surface area (Å²) in [6.45, 7) is 4.50. The summed E-state index contributed by atoms with van der Waals surface area (Å²) in [5.41, 5.74) is 3.62. The monoisotopic (exact) mass is 271 g/mol. The van der Waals surface area contributed by atoms with Crippen molar-refractivity contribution in [3.05, 3.63) is 47.7 Å². The van der Waals surface area contributed by atoms with Crippen LogP contribution in [0.4, 0.5) is 0 Å². The number of hydrogen-bond donors (Lipinski definition) is 1. The van der Waals surface area contributed by atoms with Crippen LogP contribution >= 0.6 is 0 Å². The van der Waals surface area contributed by atoms with Gasteiger partial charge in [-0.1, -0.05) is 18.2 Å². The number of rotatable bonds is 4. The van der Waals surface area contributed by atoms with E-state index in [1.54, 1.807) is 10.9 Å². The smallest absolute Gasteiger partial charge is 0.140 e. The number of imidazole rings is 1. The molecular formula is C14H17N5O. The van der Waals surface area contributed by atoms with Crippen molar-refractivity contribution in [3.8, 4) is 0 Å². The van der Waals surface area contributed by atoms with Crippen molar-refractivity contribution in [2.24, 2.45) is 0 Å². The predicted octanol–water partition coefficient (Wildman–Crippen LogP) is 1.73. The lowest BCUT2D eigenvalue weighted by Gasteiger charge is -2.00. The number of pyridine rings is 1. The van der Waals surface area contributed by atoms with Crippen LogP contribution in [-0.4, -0.2) is 29.5 Å². The molecule has 3 rings (SSSR count). The van der Waals surface area contributed by atoms with Crippen LogP contribution < -0.4 is 0 Å². The van der Waals surface area contributed by atoms with Crippen molar-refractivity contribution in [2.45, 2.75) is 32.9 Å². The van der Waals surface area contributed by atoms with Gasteiger partial charge in [-0.2, -0.15) is 0 Å². The molecule has 0 aromatic carbocycles. The van der Waals surface area contributed by atoms with E-state index in [2.05, 4.69) is 15.3 Å². The maximum atomic E-state index is 9.72. The van der Waals surface area contributed by atoms with Gasteiger partial charge in [-0.15, -0.1) is 5.10 Å². The Morgan fingerprint density at radius 3 is 2.95 bits per heavy atom. The van der Waals surface area contributed by atoms with Crippen LogP contribution in [0.25, 0.3) is 5.65 Å². The summed E-state index contributed by atoms with van der Waals surface area (Å²) in [6, 6.07) is 4.04. The molecule has 1 N–H and O–H groups in total. The highest BCUT2D eigenvalue weighted by Crippen LogP contribution is 2.14. The van der Waals surface area contributed by atoms with Gasteiger partial charge < -0.3 is 9.51 Å². The van der Waals surface area contributed by atoms with Crippen molar-refractivity contribution in [1.29, 1.82) is 0 Å². The Hall–Kier alpha value is -2.21. The molecule has 1 unspecified atom stereocenters. The summed E-state index contributed by atoms with van der Waals surface area (Å²) in [6.07, 6.45) is 5.82. The molecule has 1 atom stereocenters. The lowest BCUT2D eigenvalue weighted by atomic mass is 10.2. The molecular weight excluding hydrogens is 254 g/mol. The lowest BCUT2D eigenvalue weighted by molar-refractivity contribution is 0.168. The molecule has 0 saturated heterocycles. The number of aliphatic hydroxyl groups excluding tert-OH is 1. The highest BCUT2D eigenvalue weighted by molar-refractivity contribution is 5.47. The molecule has 3 heterocycles. The molecule has 6 heteroatoms. The molecule has 0 radical (unpaired) electrons. The second-order valence-electron chi connectivity index (χ2n) is 4.92. The number of aromatic nitrogens is 5. The van der Waals surface area contributed by atoms with Crippen LogP contribution in [0.1, 0.15) is 36.4 Å². The standard InChI is InChI=1S/C14H17N5O/c1-3-13(20)12-9-19(17-16-12)8-11-7-18-6-4-5-10(2)14(18)15-11/h4-7,9,13,20H,3,8H2,1-2H3. The SMILES string of the molecule is CCC(O)c1cn(Cc2cn3cccc(C)c3n2)nn1. The first-order chi connectivity index (χ1) is 9.67. The van der Waals surface area contributed by atoms with Gasteiger partial charge in [-0.25, -0.2) is 9.67 Å². The van der Waals surface area contributed by atoms with Crippen molar-refractivity contribution < 1.29 is 5.11 Å². The minimum Gasteiger partial charge on any atom is -0.387 e. The average molecular weight is 271 g/mol. The van der Waals surface area contributed by atoms with E-state index < -0.39 is 6.10 Å². The Morgan fingerprint density at radius 1 is 1.35 bits per heavy atom.